The van der Waals surface area contributed by atoms with E-state index in [0.717, 1.165) is 10.0 Å². The van der Waals surface area contributed by atoms with Crippen molar-refractivity contribution in [3.8, 4) is 11.4 Å². The molecule has 100 valence electrons. The van der Waals surface area contributed by atoms with Crippen LogP contribution in [-0.2, 0) is 11.3 Å². The largest absolute Gasteiger partial charge is 0.480 e. The number of aliphatic carboxylic acids is 1. The summed E-state index contributed by atoms with van der Waals surface area (Å²) in [7, 11) is 0. The van der Waals surface area contributed by atoms with Gasteiger partial charge in [0.05, 0.1) is 6.54 Å². The molecular weight excluding hydrogens is 314 g/mol. The van der Waals surface area contributed by atoms with Crippen LogP contribution in [0.1, 0.15) is 12.8 Å². The number of hydrogen-bond donors (Lipinski definition) is 2. The second-order valence-corrected chi connectivity index (χ2v) is 4.88. The highest BCUT2D eigenvalue weighted by molar-refractivity contribution is 9.10. The fourth-order valence-electron chi connectivity index (χ4n) is 1.40. The number of hydrogen-bond acceptors (Lipinski definition) is 5. The zero-order chi connectivity index (χ0) is 13.8. The normalized spacial score (nSPS) is 12.3. The van der Waals surface area contributed by atoms with Gasteiger partial charge >= 0.3 is 5.97 Å². The molecule has 0 radical (unpaired) electrons. The predicted octanol–water partition coefficient (Wildman–Crippen LogP) is 2.06. The van der Waals surface area contributed by atoms with Crippen LogP contribution in [0.15, 0.2) is 33.3 Å². The van der Waals surface area contributed by atoms with Gasteiger partial charge in [-0.15, -0.1) is 0 Å². The molecule has 1 aromatic carbocycles. The Bertz CT molecular complexity index is 585. The zero-order valence-electron chi connectivity index (χ0n) is 10.1. The van der Waals surface area contributed by atoms with Crippen LogP contribution in [0.5, 0.6) is 0 Å². The van der Waals surface area contributed by atoms with Gasteiger partial charge in [-0.1, -0.05) is 33.2 Å². The zero-order valence-corrected chi connectivity index (χ0v) is 11.7. The molecule has 2 N–H and O–H groups in total. The Balaban J connectivity index is 2.05. The van der Waals surface area contributed by atoms with E-state index in [1.807, 2.05) is 24.3 Å². The lowest BCUT2D eigenvalue weighted by molar-refractivity contribution is -0.139. The van der Waals surface area contributed by atoms with Gasteiger partial charge in [-0.25, -0.2) is 0 Å². The van der Waals surface area contributed by atoms with Gasteiger partial charge < -0.3 is 9.63 Å². The number of aromatic nitrogens is 2. The molecule has 0 bridgehead atoms. The molecule has 2 aromatic rings. The molecular formula is C12H12BrN3O3. The number of carbonyl (C=O) groups is 1. The van der Waals surface area contributed by atoms with Crippen molar-refractivity contribution in [2.24, 2.45) is 0 Å². The summed E-state index contributed by atoms with van der Waals surface area (Å²) in [4.78, 5) is 14.8. The number of rotatable bonds is 5. The van der Waals surface area contributed by atoms with E-state index >= 15 is 0 Å². The number of carboxylic acids is 1. The minimum atomic E-state index is -0.924. The SMILES string of the molecule is C[C@@H](NCc1nc(-c2cccc(Br)c2)no1)C(=O)O. The van der Waals surface area contributed by atoms with Crippen LogP contribution in [-0.4, -0.2) is 27.3 Å². The number of carboxylic acid groups (broad SMARTS) is 1. The Hall–Kier alpha value is -1.73. The van der Waals surface area contributed by atoms with E-state index in [1.165, 1.54) is 0 Å². The Kier molecular flexibility index (Phi) is 4.28. The smallest absolute Gasteiger partial charge is 0.320 e. The summed E-state index contributed by atoms with van der Waals surface area (Å²) < 4.78 is 5.98. The molecule has 0 unspecified atom stereocenters. The maximum atomic E-state index is 10.7. The fourth-order valence-corrected chi connectivity index (χ4v) is 1.80. The van der Waals surface area contributed by atoms with Gasteiger partial charge in [0, 0.05) is 10.0 Å². The van der Waals surface area contributed by atoms with E-state index in [-0.39, 0.29) is 6.54 Å². The first-order valence-corrected chi connectivity index (χ1v) is 6.40. The Morgan fingerprint density at radius 2 is 2.37 bits per heavy atom. The van der Waals surface area contributed by atoms with Crippen molar-refractivity contribution in [1.82, 2.24) is 15.5 Å². The average Bonchev–Trinajstić information content (AvgIpc) is 2.84. The van der Waals surface area contributed by atoms with Gasteiger partial charge in [0.1, 0.15) is 6.04 Å². The second kappa shape index (κ2) is 5.94. The topological polar surface area (TPSA) is 88.3 Å². The Morgan fingerprint density at radius 3 is 3.05 bits per heavy atom. The fraction of sp³-hybridized carbons (Fsp3) is 0.250. The summed E-state index contributed by atoms with van der Waals surface area (Å²) in [5.74, 6) is -0.101. The van der Waals surface area contributed by atoms with E-state index in [1.54, 1.807) is 6.92 Å². The quantitative estimate of drug-likeness (QED) is 0.874. The minimum Gasteiger partial charge on any atom is -0.480 e. The molecule has 19 heavy (non-hydrogen) atoms. The summed E-state index contributed by atoms with van der Waals surface area (Å²) in [5.41, 5.74) is 0.829. The van der Waals surface area contributed by atoms with E-state index in [9.17, 15) is 4.79 Å². The summed E-state index contributed by atoms with van der Waals surface area (Å²) >= 11 is 3.37. The van der Waals surface area contributed by atoms with Crippen molar-refractivity contribution < 1.29 is 14.4 Å². The summed E-state index contributed by atoms with van der Waals surface area (Å²) in [5, 5.41) is 15.4. The van der Waals surface area contributed by atoms with Crippen molar-refractivity contribution in [3.05, 3.63) is 34.6 Å². The lowest BCUT2D eigenvalue weighted by Crippen LogP contribution is -2.33. The van der Waals surface area contributed by atoms with Gasteiger partial charge in [-0.05, 0) is 19.1 Å². The molecule has 1 heterocycles. The summed E-state index contributed by atoms with van der Waals surface area (Å²) in [6, 6.07) is 6.86. The molecule has 0 aliphatic rings. The number of benzene rings is 1. The first kappa shape index (κ1) is 13.7. The molecule has 0 fully saturated rings. The Labute approximate surface area is 118 Å². The monoisotopic (exact) mass is 325 g/mol. The van der Waals surface area contributed by atoms with Crippen LogP contribution < -0.4 is 5.32 Å². The van der Waals surface area contributed by atoms with Crippen molar-refractivity contribution in [2.75, 3.05) is 0 Å². The van der Waals surface area contributed by atoms with Gasteiger partial charge in [0.15, 0.2) is 0 Å². The van der Waals surface area contributed by atoms with Gasteiger partial charge in [0.25, 0.3) is 0 Å². The Morgan fingerprint density at radius 1 is 1.58 bits per heavy atom. The summed E-state index contributed by atoms with van der Waals surface area (Å²) in [6.07, 6.45) is 0. The highest BCUT2D eigenvalue weighted by atomic mass is 79.9. The molecule has 7 heteroatoms. The van der Waals surface area contributed by atoms with Crippen LogP contribution in [0.4, 0.5) is 0 Å². The van der Waals surface area contributed by atoms with Crippen LogP contribution >= 0.6 is 15.9 Å². The maximum absolute atomic E-state index is 10.7. The standard InChI is InChI=1S/C12H12BrN3O3/c1-7(12(17)18)14-6-10-15-11(16-19-10)8-3-2-4-9(13)5-8/h2-5,7,14H,6H2,1H3,(H,17,18)/t7-/m1/s1. The van der Waals surface area contributed by atoms with Crippen LogP contribution in [0.3, 0.4) is 0 Å². The predicted molar refractivity (Wildman–Crippen MR) is 71.4 cm³/mol. The van der Waals surface area contributed by atoms with Gasteiger partial charge in [0.2, 0.25) is 11.7 Å². The van der Waals surface area contributed by atoms with Crippen LogP contribution in [0.25, 0.3) is 11.4 Å². The number of nitrogens with one attached hydrogen (secondary N) is 1. The lowest BCUT2D eigenvalue weighted by Gasteiger charge is -2.05. The minimum absolute atomic E-state index is 0.217. The van der Waals surface area contributed by atoms with E-state index in [2.05, 4.69) is 31.4 Å². The molecule has 0 amide bonds. The van der Waals surface area contributed by atoms with Crippen LogP contribution in [0.2, 0.25) is 0 Å². The van der Waals surface area contributed by atoms with E-state index in [0.29, 0.717) is 11.7 Å². The number of halogens is 1. The first-order chi connectivity index (χ1) is 9.06. The average molecular weight is 326 g/mol. The third kappa shape index (κ3) is 3.62. The summed E-state index contributed by atoms with van der Waals surface area (Å²) in [6.45, 7) is 1.77. The number of nitrogens with zero attached hydrogens (tertiary/aromatic N) is 2. The van der Waals surface area contributed by atoms with E-state index < -0.39 is 12.0 Å². The molecule has 0 aliphatic carbocycles. The highest BCUT2D eigenvalue weighted by Crippen LogP contribution is 2.20. The maximum Gasteiger partial charge on any atom is 0.320 e. The van der Waals surface area contributed by atoms with Gasteiger partial charge in [-0.2, -0.15) is 4.98 Å². The second-order valence-electron chi connectivity index (χ2n) is 3.96. The molecule has 0 saturated carbocycles. The molecule has 1 aromatic heterocycles. The highest BCUT2D eigenvalue weighted by Gasteiger charge is 2.13. The molecule has 0 saturated heterocycles. The van der Waals surface area contributed by atoms with Crippen molar-refractivity contribution >= 4 is 21.9 Å². The third-order valence-electron chi connectivity index (χ3n) is 2.48. The van der Waals surface area contributed by atoms with E-state index in [4.69, 9.17) is 9.63 Å². The van der Waals surface area contributed by atoms with Crippen LogP contribution in [0, 0.1) is 0 Å². The molecule has 0 spiro atoms. The lowest BCUT2D eigenvalue weighted by atomic mass is 10.2. The van der Waals surface area contributed by atoms with Crippen molar-refractivity contribution in [3.63, 3.8) is 0 Å². The van der Waals surface area contributed by atoms with Gasteiger partial charge in [-0.3, -0.25) is 10.1 Å². The van der Waals surface area contributed by atoms with Crippen molar-refractivity contribution in [2.45, 2.75) is 19.5 Å². The third-order valence-corrected chi connectivity index (χ3v) is 2.97. The molecule has 6 nitrogen and oxygen atoms in total. The molecule has 0 aliphatic heterocycles. The van der Waals surface area contributed by atoms with Crippen molar-refractivity contribution in [1.29, 1.82) is 0 Å². The molecule has 2 rings (SSSR count). The molecule has 1 atom stereocenters. The first-order valence-electron chi connectivity index (χ1n) is 5.61.